The number of carbonyl (C=O) groups excluding carboxylic acids is 1. The van der Waals surface area contributed by atoms with Gasteiger partial charge in [-0.15, -0.1) is 11.3 Å². The van der Waals surface area contributed by atoms with Crippen molar-refractivity contribution in [2.75, 3.05) is 0 Å². The minimum atomic E-state index is -0.758. The minimum Gasteiger partial charge on any atom is -0.463 e. The van der Waals surface area contributed by atoms with Crippen LogP contribution in [0.1, 0.15) is 84.4 Å². The van der Waals surface area contributed by atoms with Crippen LogP contribution in [0.15, 0.2) is 17.5 Å². The Labute approximate surface area is 207 Å². The molecule has 0 amide bonds. The van der Waals surface area contributed by atoms with Gasteiger partial charge in [0.1, 0.15) is 11.7 Å². The highest BCUT2D eigenvalue weighted by molar-refractivity contribution is 7.10. The van der Waals surface area contributed by atoms with Crippen LogP contribution in [0, 0.1) is 34.5 Å². The van der Waals surface area contributed by atoms with Gasteiger partial charge in [0.25, 0.3) is 0 Å². The molecule has 1 aromatic heterocycles. The van der Waals surface area contributed by atoms with E-state index in [1.54, 1.807) is 11.3 Å². The van der Waals surface area contributed by atoms with Gasteiger partial charge in [0.05, 0.1) is 12.2 Å². The Morgan fingerprint density at radius 3 is 2.47 bits per heavy atom. The monoisotopic (exact) mass is 488 g/mol. The third-order valence-corrected chi connectivity index (χ3v) is 11.9. The fraction of sp³-hybridized carbons (Fsp3) is 0.821. The molecule has 4 saturated carbocycles. The van der Waals surface area contributed by atoms with E-state index < -0.39 is 11.4 Å². The number of thiophene rings is 1. The van der Waals surface area contributed by atoms with Gasteiger partial charge in [0.15, 0.2) is 5.79 Å². The van der Waals surface area contributed by atoms with Crippen molar-refractivity contribution in [3.05, 3.63) is 22.4 Å². The zero-order chi connectivity index (χ0) is 24.1. The molecule has 6 rings (SSSR count). The van der Waals surface area contributed by atoms with Crippen LogP contribution in [-0.4, -0.2) is 35.2 Å². The summed E-state index contributed by atoms with van der Waals surface area (Å²) in [6.07, 6.45) is 6.89. The Bertz CT molecular complexity index is 960. The van der Waals surface area contributed by atoms with Gasteiger partial charge in [-0.1, -0.05) is 19.9 Å². The van der Waals surface area contributed by atoms with Gasteiger partial charge in [-0.2, -0.15) is 0 Å². The van der Waals surface area contributed by atoms with Gasteiger partial charge >= 0.3 is 5.97 Å². The van der Waals surface area contributed by atoms with Crippen LogP contribution >= 0.6 is 11.3 Å². The zero-order valence-corrected chi connectivity index (χ0v) is 22.0. The standard InChI is InChI=1S/C28H40O5S/c1-16(29)31-17-8-11-26(4)18-9-12-27(5)19(10-13-28(27,30)21-7-6-14-34-21)22(18)24-23(20(26)15-17)32-25(2,3)33-24/h6-7,14,17-20,22-24,30H,8-13,15H2,1-5H3/t17-,18-,19-,20+,22?,23+,24+,26+,27-,28+/m0/s1. The molecule has 10 atom stereocenters. The van der Waals surface area contributed by atoms with Crippen molar-refractivity contribution in [2.45, 2.75) is 109 Å². The van der Waals surface area contributed by atoms with Crippen LogP contribution in [0.25, 0.3) is 0 Å². The second-order valence-corrected chi connectivity index (χ2v) is 13.8. The van der Waals surface area contributed by atoms with E-state index in [-0.39, 0.29) is 35.1 Å². The Hall–Kier alpha value is -0.950. The van der Waals surface area contributed by atoms with E-state index in [4.69, 9.17) is 14.2 Å². The third kappa shape index (κ3) is 3.10. The molecular formula is C28H40O5S. The molecule has 1 aliphatic heterocycles. The number of hydrogen-bond donors (Lipinski definition) is 1. The van der Waals surface area contributed by atoms with E-state index in [1.165, 1.54) is 6.92 Å². The van der Waals surface area contributed by atoms with E-state index in [1.807, 2.05) is 13.8 Å². The van der Waals surface area contributed by atoms with Crippen molar-refractivity contribution in [1.82, 2.24) is 0 Å². The van der Waals surface area contributed by atoms with Gasteiger partial charge in [-0.25, -0.2) is 0 Å². The Kier molecular flexibility index (Phi) is 5.19. The van der Waals surface area contributed by atoms with Crippen molar-refractivity contribution in [3.63, 3.8) is 0 Å². The third-order valence-electron chi connectivity index (χ3n) is 10.9. The number of ether oxygens (including phenoxy) is 3. The molecule has 188 valence electrons. The highest BCUT2D eigenvalue weighted by atomic mass is 32.1. The first-order valence-electron chi connectivity index (χ1n) is 13.3. The van der Waals surface area contributed by atoms with Crippen molar-refractivity contribution in [1.29, 1.82) is 0 Å². The lowest BCUT2D eigenvalue weighted by Crippen LogP contribution is -2.64. The summed E-state index contributed by atoms with van der Waals surface area (Å²) in [6, 6.07) is 4.19. The lowest BCUT2D eigenvalue weighted by atomic mass is 9.43. The largest absolute Gasteiger partial charge is 0.463 e. The average Bonchev–Trinajstić information content (AvgIpc) is 3.46. The molecule has 34 heavy (non-hydrogen) atoms. The molecule has 5 nitrogen and oxygen atoms in total. The molecule has 6 heteroatoms. The molecule has 4 aliphatic carbocycles. The first kappa shape index (κ1) is 23.4. The molecule has 0 aromatic carbocycles. The van der Waals surface area contributed by atoms with Crippen LogP contribution in [0.3, 0.4) is 0 Å². The van der Waals surface area contributed by atoms with Gasteiger partial charge in [-0.05, 0) is 99.3 Å². The van der Waals surface area contributed by atoms with Crippen molar-refractivity contribution in [3.8, 4) is 0 Å². The lowest BCUT2D eigenvalue weighted by molar-refractivity contribution is -0.208. The van der Waals surface area contributed by atoms with E-state index >= 15 is 0 Å². The van der Waals surface area contributed by atoms with E-state index in [0.29, 0.717) is 23.7 Å². The summed E-state index contributed by atoms with van der Waals surface area (Å²) >= 11 is 1.70. The maximum absolute atomic E-state index is 12.1. The number of aliphatic hydroxyl groups is 1. The summed E-state index contributed by atoms with van der Waals surface area (Å²) in [5.41, 5.74) is -0.777. The summed E-state index contributed by atoms with van der Waals surface area (Å²) in [7, 11) is 0. The average molecular weight is 489 g/mol. The highest BCUT2D eigenvalue weighted by Gasteiger charge is 2.71. The smallest absolute Gasteiger partial charge is 0.302 e. The number of hydrogen-bond acceptors (Lipinski definition) is 6. The Balaban J connectivity index is 1.39. The summed E-state index contributed by atoms with van der Waals surface area (Å²) in [4.78, 5) is 12.9. The van der Waals surface area contributed by atoms with Crippen LogP contribution < -0.4 is 0 Å². The van der Waals surface area contributed by atoms with Gasteiger partial charge < -0.3 is 19.3 Å². The molecule has 0 spiro atoms. The first-order chi connectivity index (χ1) is 16.0. The Morgan fingerprint density at radius 1 is 1.03 bits per heavy atom. The molecule has 5 fully saturated rings. The predicted molar refractivity (Wildman–Crippen MR) is 130 cm³/mol. The molecule has 0 bridgehead atoms. The van der Waals surface area contributed by atoms with E-state index in [9.17, 15) is 9.90 Å². The van der Waals surface area contributed by atoms with Crippen LogP contribution in [0.4, 0.5) is 0 Å². The topological polar surface area (TPSA) is 65.0 Å². The van der Waals surface area contributed by atoms with E-state index in [2.05, 4.69) is 31.4 Å². The number of esters is 1. The molecule has 1 aromatic rings. The molecule has 2 heterocycles. The van der Waals surface area contributed by atoms with Gasteiger partial charge in [0, 0.05) is 17.2 Å². The summed E-state index contributed by atoms with van der Waals surface area (Å²) in [5.74, 6) is 0.850. The van der Waals surface area contributed by atoms with Crippen molar-refractivity contribution >= 4 is 17.3 Å². The second-order valence-electron chi connectivity index (χ2n) is 12.8. The number of fused-ring (bicyclic) bond motifs is 8. The molecule has 1 saturated heterocycles. The van der Waals surface area contributed by atoms with Crippen molar-refractivity contribution < 1.29 is 24.1 Å². The minimum absolute atomic E-state index is 0.0115. The summed E-state index contributed by atoms with van der Waals surface area (Å²) in [5, 5.41) is 14.2. The molecule has 0 radical (unpaired) electrons. The fourth-order valence-corrected chi connectivity index (χ4v) is 10.4. The van der Waals surface area contributed by atoms with Gasteiger partial charge in [-0.3, -0.25) is 4.79 Å². The summed E-state index contributed by atoms with van der Waals surface area (Å²) < 4.78 is 19.1. The van der Waals surface area contributed by atoms with E-state index in [0.717, 1.165) is 49.8 Å². The quantitative estimate of drug-likeness (QED) is 0.545. The predicted octanol–water partition coefficient (Wildman–Crippen LogP) is 5.65. The first-order valence-corrected chi connectivity index (χ1v) is 14.2. The van der Waals surface area contributed by atoms with Gasteiger partial charge in [0.2, 0.25) is 0 Å². The normalized spacial score (nSPS) is 51.2. The Morgan fingerprint density at radius 2 is 1.76 bits per heavy atom. The highest BCUT2D eigenvalue weighted by Crippen LogP contribution is 2.71. The maximum atomic E-state index is 12.1. The fourth-order valence-electron chi connectivity index (χ4n) is 9.42. The molecule has 1 unspecified atom stereocenters. The number of rotatable bonds is 2. The molecule has 1 N–H and O–H groups in total. The molecule has 5 aliphatic rings. The van der Waals surface area contributed by atoms with Crippen LogP contribution in [-0.2, 0) is 24.6 Å². The van der Waals surface area contributed by atoms with Crippen LogP contribution in [0.2, 0.25) is 0 Å². The lowest BCUT2D eigenvalue weighted by Gasteiger charge is -2.63. The zero-order valence-electron chi connectivity index (χ0n) is 21.2. The summed E-state index contributed by atoms with van der Waals surface area (Å²) in [6.45, 7) is 10.4. The second kappa shape index (κ2) is 7.53. The SMILES string of the molecule is CC(=O)O[C@H]1CC[C@@]2(C)[C@H](C1)[C@H]1OC(C)(C)O[C@@H]1C1[C@@H]2CC[C@@]2(C)[C@H]1CC[C@@]2(O)c1cccs1. The number of carbonyl (C=O) groups is 1. The van der Waals surface area contributed by atoms with Crippen LogP contribution in [0.5, 0.6) is 0 Å². The van der Waals surface area contributed by atoms with Crippen molar-refractivity contribution in [2.24, 2.45) is 34.5 Å². The molecular weight excluding hydrogens is 448 g/mol. The maximum Gasteiger partial charge on any atom is 0.302 e.